The molecule has 92 valence electrons. The van der Waals surface area contributed by atoms with Crippen molar-refractivity contribution in [3.63, 3.8) is 0 Å². The van der Waals surface area contributed by atoms with Crippen LogP contribution in [0.4, 0.5) is 0 Å². The minimum Gasteiger partial charge on any atom is -0.311 e. The quantitative estimate of drug-likeness (QED) is 0.883. The van der Waals surface area contributed by atoms with Gasteiger partial charge in [-0.25, -0.2) is 4.98 Å². The molecule has 2 unspecified atom stereocenters. The largest absolute Gasteiger partial charge is 0.311 e. The fourth-order valence-corrected chi connectivity index (χ4v) is 2.64. The summed E-state index contributed by atoms with van der Waals surface area (Å²) in [5.74, 6) is 0. The normalized spacial score (nSPS) is 26.4. The van der Waals surface area contributed by atoms with E-state index in [1.54, 1.807) is 11.3 Å². The van der Waals surface area contributed by atoms with Gasteiger partial charge in [0.15, 0.2) is 0 Å². The van der Waals surface area contributed by atoms with Crippen molar-refractivity contribution in [3.05, 3.63) is 16.1 Å². The monoisotopic (exact) mass is 261 g/mol. The van der Waals surface area contributed by atoms with Crippen molar-refractivity contribution < 1.29 is 0 Å². The lowest BCUT2D eigenvalue weighted by atomic mass is 10.1. The van der Waals surface area contributed by atoms with Gasteiger partial charge in [-0.1, -0.05) is 0 Å². The van der Waals surface area contributed by atoms with Gasteiger partial charge in [-0.15, -0.1) is 23.7 Å². The van der Waals surface area contributed by atoms with E-state index in [0.29, 0.717) is 12.1 Å². The minimum absolute atomic E-state index is 0. The molecule has 0 spiro atoms. The number of halogens is 1. The first kappa shape index (κ1) is 13.9. The van der Waals surface area contributed by atoms with E-state index in [9.17, 15) is 0 Å². The molecule has 2 heterocycles. The maximum Gasteiger partial charge on any atom is 0.0897 e. The van der Waals surface area contributed by atoms with Crippen molar-refractivity contribution in [3.8, 4) is 0 Å². The van der Waals surface area contributed by atoms with Crippen molar-refractivity contribution in [2.75, 3.05) is 13.1 Å². The van der Waals surface area contributed by atoms with Gasteiger partial charge < -0.3 is 5.32 Å². The number of thiazole rings is 1. The third kappa shape index (κ3) is 3.17. The van der Waals surface area contributed by atoms with Crippen LogP contribution in [-0.2, 0) is 6.54 Å². The molecule has 2 atom stereocenters. The molecule has 16 heavy (non-hydrogen) atoms. The van der Waals surface area contributed by atoms with E-state index >= 15 is 0 Å². The maximum atomic E-state index is 4.52. The van der Waals surface area contributed by atoms with E-state index in [2.05, 4.69) is 41.4 Å². The van der Waals surface area contributed by atoms with Crippen molar-refractivity contribution in [2.45, 2.75) is 39.4 Å². The van der Waals surface area contributed by atoms with Crippen LogP contribution in [0.2, 0.25) is 0 Å². The Balaban J connectivity index is 0.00000128. The zero-order chi connectivity index (χ0) is 10.8. The first-order valence-electron chi connectivity index (χ1n) is 5.55. The highest BCUT2D eigenvalue weighted by Gasteiger charge is 2.24. The van der Waals surface area contributed by atoms with Crippen molar-refractivity contribution in [2.24, 2.45) is 0 Å². The standard InChI is InChI=1S/C11H19N3S.ClH/c1-8-9(2)14(5-4-12-8)6-11-7-15-10(3)13-11;/h7-9,12H,4-6H2,1-3H3;1H. The summed E-state index contributed by atoms with van der Waals surface area (Å²) in [6.07, 6.45) is 0. The van der Waals surface area contributed by atoms with Gasteiger partial charge in [0.1, 0.15) is 0 Å². The van der Waals surface area contributed by atoms with E-state index in [1.807, 2.05) is 0 Å². The number of piperazine rings is 1. The number of nitrogens with zero attached hydrogens (tertiary/aromatic N) is 2. The molecular weight excluding hydrogens is 242 g/mol. The van der Waals surface area contributed by atoms with Crippen LogP contribution >= 0.6 is 23.7 Å². The van der Waals surface area contributed by atoms with Crippen molar-refractivity contribution in [1.29, 1.82) is 0 Å². The van der Waals surface area contributed by atoms with Gasteiger partial charge in [0.05, 0.1) is 10.7 Å². The molecule has 1 aromatic rings. The van der Waals surface area contributed by atoms with Gasteiger partial charge in [-0.05, 0) is 20.8 Å². The topological polar surface area (TPSA) is 28.2 Å². The van der Waals surface area contributed by atoms with E-state index < -0.39 is 0 Å². The molecule has 0 bridgehead atoms. The van der Waals surface area contributed by atoms with Gasteiger partial charge in [0.25, 0.3) is 0 Å². The Kier molecular flexibility index (Phi) is 5.18. The van der Waals surface area contributed by atoms with Gasteiger partial charge in [0.2, 0.25) is 0 Å². The number of rotatable bonds is 2. The molecule has 1 fully saturated rings. The van der Waals surface area contributed by atoms with Gasteiger partial charge in [0, 0.05) is 37.1 Å². The highest BCUT2D eigenvalue weighted by Crippen LogP contribution is 2.15. The van der Waals surface area contributed by atoms with E-state index in [-0.39, 0.29) is 12.4 Å². The molecule has 0 radical (unpaired) electrons. The molecule has 0 aliphatic carbocycles. The predicted molar refractivity (Wildman–Crippen MR) is 71.4 cm³/mol. The predicted octanol–water partition coefficient (Wildman–Crippen LogP) is 2.06. The molecule has 3 nitrogen and oxygen atoms in total. The molecular formula is C11H20ClN3S. The Morgan fingerprint density at radius 2 is 2.31 bits per heavy atom. The lowest BCUT2D eigenvalue weighted by Gasteiger charge is -2.38. The molecule has 1 aliphatic rings. The lowest BCUT2D eigenvalue weighted by Crippen LogP contribution is -2.54. The maximum absolute atomic E-state index is 4.52. The third-order valence-electron chi connectivity index (χ3n) is 3.20. The first-order valence-corrected chi connectivity index (χ1v) is 6.43. The molecule has 5 heteroatoms. The summed E-state index contributed by atoms with van der Waals surface area (Å²) in [4.78, 5) is 7.03. The Hall–Kier alpha value is -0.160. The summed E-state index contributed by atoms with van der Waals surface area (Å²) in [5.41, 5.74) is 1.22. The summed E-state index contributed by atoms with van der Waals surface area (Å²) >= 11 is 1.74. The van der Waals surface area contributed by atoms with Crippen LogP contribution < -0.4 is 5.32 Å². The third-order valence-corrected chi connectivity index (χ3v) is 4.02. The van der Waals surface area contributed by atoms with Gasteiger partial charge >= 0.3 is 0 Å². The fourth-order valence-electron chi connectivity index (χ4n) is 2.04. The van der Waals surface area contributed by atoms with E-state index in [0.717, 1.165) is 19.6 Å². The Morgan fingerprint density at radius 3 is 2.94 bits per heavy atom. The van der Waals surface area contributed by atoms with Gasteiger partial charge in [-0.2, -0.15) is 0 Å². The van der Waals surface area contributed by atoms with Crippen LogP contribution in [0.1, 0.15) is 24.5 Å². The fraction of sp³-hybridized carbons (Fsp3) is 0.727. The Morgan fingerprint density at radius 1 is 1.56 bits per heavy atom. The molecule has 0 aromatic carbocycles. The molecule has 2 rings (SSSR count). The first-order chi connectivity index (χ1) is 7.16. The molecule has 1 aromatic heterocycles. The SMILES string of the molecule is Cc1nc(CN2CCNC(C)C2C)cs1.Cl. The lowest BCUT2D eigenvalue weighted by molar-refractivity contribution is 0.129. The molecule has 1 aliphatic heterocycles. The smallest absolute Gasteiger partial charge is 0.0897 e. The second-order valence-electron chi connectivity index (χ2n) is 4.31. The number of nitrogens with one attached hydrogen (secondary N) is 1. The van der Waals surface area contributed by atoms with Crippen LogP contribution in [-0.4, -0.2) is 35.1 Å². The average Bonchev–Trinajstić information content (AvgIpc) is 2.59. The number of aryl methyl sites for hydroxylation is 1. The second kappa shape index (κ2) is 5.96. The number of hydrogen-bond donors (Lipinski definition) is 1. The summed E-state index contributed by atoms with van der Waals surface area (Å²) in [7, 11) is 0. The van der Waals surface area contributed by atoms with Crippen molar-refractivity contribution in [1.82, 2.24) is 15.2 Å². The van der Waals surface area contributed by atoms with Crippen LogP contribution in [0.5, 0.6) is 0 Å². The Bertz CT molecular complexity index is 329. The summed E-state index contributed by atoms with van der Waals surface area (Å²) in [5, 5.41) is 6.84. The van der Waals surface area contributed by atoms with E-state index in [1.165, 1.54) is 10.7 Å². The van der Waals surface area contributed by atoms with Crippen LogP contribution in [0.3, 0.4) is 0 Å². The molecule has 1 N–H and O–H groups in total. The van der Waals surface area contributed by atoms with Crippen molar-refractivity contribution >= 4 is 23.7 Å². The van der Waals surface area contributed by atoms with E-state index in [4.69, 9.17) is 0 Å². The Labute approximate surface area is 108 Å². The zero-order valence-corrected chi connectivity index (χ0v) is 11.7. The summed E-state index contributed by atoms with van der Waals surface area (Å²) < 4.78 is 0. The zero-order valence-electron chi connectivity index (χ0n) is 10.1. The molecule has 1 saturated heterocycles. The van der Waals surface area contributed by atoms with Gasteiger partial charge in [-0.3, -0.25) is 4.90 Å². The molecule has 0 saturated carbocycles. The average molecular weight is 262 g/mol. The second-order valence-corrected chi connectivity index (χ2v) is 5.37. The highest BCUT2D eigenvalue weighted by molar-refractivity contribution is 7.09. The summed E-state index contributed by atoms with van der Waals surface area (Å²) in [6, 6.07) is 1.18. The van der Waals surface area contributed by atoms with Crippen LogP contribution in [0, 0.1) is 6.92 Å². The highest BCUT2D eigenvalue weighted by atomic mass is 35.5. The van der Waals surface area contributed by atoms with Crippen LogP contribution in [0.25, 0.3) is 0 Å². The van der Waals surface area contributed by atoms with Crippen LogP contribution in [0.15, 0.2) is 5.38 Å². The summed E-state index contributed by atoms with van der Waals surface area (Å²) in [6.45, 7) is 9.82. The minimum atomic E-state index is 0. The number of hydrogen-bond acceptors (Lipinski definition) is 4. The number of aromatic nitrogens is 1. The molecule has 0 amide bonds.